The van der Waals surface area contributed by atoms with Crippen molar-refractivity contribution in [1.29, 1.82) is 0 Å². The second-order valence-electron chi connectivity index (χ2n) is 8.95. The maximum Gasteiger partial charge on any atom is 0.217 e. The van der Waals surface area contributed by atoms with Crippen molar-refractivity contribution >= 4 is 16.8 Å². The number of hydrogen-bond donors (Lipinski definition) is 1. The molecule has 4 aromatic rings. The molecule has 0 fully saturated rings. The van der Waals surface area contributed by atoms with Gasteiger partial charge in [0, 0.05) is 44.7 Å². The third-order valence-electron chi connectivity index (χ3n) is 6.68. The minimum atomic E-state index is -0.374. The summed E-state index contributed by atoms with van der Waals surface area (Å²) in [6.45, 7) is 4.39. The summed E-state index contributed by atoms with van der Waals surface area (Å²) < 4.78 is 12.6. The Labute approximate surface area is 212 Å². The number of rotatable bonds is 4. The number of aliphatic imine (C=N–C) groups is 1. The van der Waals surface area contributed by atoms with E-state index in [2.05, 4.69) is 49.2 Å². The largest absolute Gasteiger partial charge is 0.511 e. The molecule has 1 aromatic heterocycles. The Morgan fingerprint density at radius 1 is 1.03 bits per heavy atom. The molecule has 1 aliphatic carbocycles. The predicted octanol–water partition coefficient (Wildman–Crippen LogP) is 6.00. The number of para-hydroxylation sites is 1. The van der Waals surface area contributed by atoms with Crippen molar-refractivity contribution in [2.75, 3.05) is 0 Å². The Morgan fingerprint density at radius 3 is 2.71 bits per heavy atom. The smallest absolute Gasteiger partial charge is 0.217 e. The topological polar surface area (TPSA) is 63.9 Å². The molecule has 5 nitrogen and oxygen atoms in total. The molecule has 0 spiro atoms. The molecule has 6 rings (SSSR count). The van der Waals surface area contributed by atoms with Crippen molar-refractivity contribution < 1.29 is 35.6 Å². The van der Waals surface area contributed by atoms with E-state index in [1.165, 1.54) is 11.1 Å². The number of benzene rings is 3. The maximum absolute atomic E-state index is 10.1. The molecule has 174 valence electrons. The molecule has 2 atom stereocenters. The summed E-state index contributed by atoms with van der Waals surface area (Å²) in [5, 5.41) is 11.0. The standard InChI is InChI=1S/C28H23N2O3.Pt/c1-17(2)28-16-20-7-3-4-11-22(20)26(28)30-27(33-28)19-9-5-10-21(15-19)32-24-14-13-18-8-6-12-23(31)25(18)29-24;/h3-14,17,26,31H,16H2,1-2H3;/q-1;/t26-,28-;/m0./s1. The van der Waals surface area contributed by atoms with Crippen LogP contribution in [0.4, 0.5) is 0 Å². The van der Waals surface area contributed by atoms with Crippen molar-refractivity contribution in [1.82, 2.24) is 4.98 Å². The summed E-state index contributed by atoms with van der Waals surface area (Å²) in [7, 11) is 0. The van der Waals surface area contributed by atoms with Crippen LogP contribution in [0.5, 0.6) is 17.4 Å². The summed E-state index contributed by atoms with van der Waals surface area (Å²) in [4.78, 5) is 9.46. The van der Waals surface area contributed by atoms with Crippen LogP contribution in [-0.2, 0) is 32.2 Å². The predicted molar refractivity (Wildman–Crippen MR) is 127 cm³/mol. The molecule has 3 aromatic carbocycles. The van der Waals surface area contributed by atoms with Gasteiger partial charge in [0.05, 0.1) is 0 Å². The summed E-state index contributed by atoms with van der Waals surface area (Å²) in [5.74, 6) is 1.91. The quantitative estimate of drug-likeness (QED) is 0.281. The first-order valence-corrected chi connectivity index (χ1v) is 11.2. The van der Waals surface area contributed by atoms with Gasteiger partial charge in [-0.2, -0.15) is 0 Å². The maximum atomic E-state index is 10.1. The van der Waals surface area contributed by atoms with Crippen LogP contribution in [0.3, 0.4) is 0 Å². The Bertz CT molecular complexity index is 1420. The summed E-state index contributed by atoms with van der Waals surface area (Å²) in [6.07, 6.45) is 0.846. The van der Waals surface area contributed by atoms with Gasteiger partial charge in [-0.05, 0) is 29.2 Å². The van der Waals surface area contributed by atoms with E-state index >= 15 is 0 Å². The number of phenols is 1. The molecule has 0 bridgehead atoms. The zero-order chi connectivity index (χ0) is 22.6. The van der Waals surface area contributed by atoms with Gasteiger partial charge in [0.15, 0.2) is 0 Å². The van der Waals surface area contributed by atoms with Crippen molar-refractivity contribution in [2.45, 2.75) is 31.9 Å². The van der Waals surface area contributed by atoms with E-state index < -0.39 is 0 Å². The molecule has 0 radical (unpaired) electrons. The van der Waals surface area contributed by atoms with E-state index in [4.69, 9.17) is 14.5 Å². The van der Waals surface area contributed by atoms with Gasteiger partial charge in [-0.25, -0.2) is 4.98 Å². The van der Waals surface area contributed by atoms with Crippen molar-refractivity contribution in [3.8, 4) is 17.4 Å². The number of hydrogen-bond acceptors (Lipinski definition) is 5. The van der Waals surface area contributed by atoms with Crippen molar-refractivity contribution in [2.24, 2.45) is 10.9 Å². The number of aromatic nitrogens is 1. The van der Waals surface area contributed by atoms with E-state index in [-0.39, 0.29) is 38.5 Å². The molecule has 0 unspecified atom stereocenters. The Balaban J connectivity index is 0.00000241. The molecule has 6 heteroatoms. The van der Waals surface area contributed by atoms with Crippen LogP contribution >= 0.6 is 0 Å². The van der Waals surface area contributed by atoms with Crippen LogP contribution in [0, 0.1) is 12.0 Å². The van der Waals surface area contributed by atoms with Crippen LogP contribution in [0.2, 0.25) is 0 Å². The number of aromatic hydroxyl groups is 1. The second kappa shape index (κ2) is 8.56. The van der Waals surface area contributed by atoms with E-state index in [9.17, 15) is 5.11 Å². The van der Waals surface area contributed by atoms with Gasteiger partial charge in [-0.1, -0.05) is 61.9 Å². The van der Waals surface area contributed by atoms with Gasteiger partial charge in [0.2, 0.25) is 5.88 Å². The molecular formula is C28H23N2O3Pt-. The van der Waals surface area contributed by atoms with Gasteiger partial charge in [-0.3, -0.25) is 4.99 Å². The molecule has 0 saturated heterocycles. The van der Waals surface area contributed by atoms with Crippen LogP contribution in [0.25, 0.3) is 10.9 Å². The van der Waals surface area contributed by atoms with Gasteiger partial charge in [-0.15, -0.1) is 18.2 Å². The summed E-state index contributed by atoms with van der Waals surface area (Å²) >= 11 is 0. The first-order chi connectivity index (χ1) is 16.0. The third-order valence-corrected chi connectivity index (χ3v) is 6.68. The number of pyridine rings is 1. The Hall–Kier alpha value is -3.17. The zero-order valence-corrected chi connectivity index (χ0v) is 21.0. The van der Waals surface area contributed by atoms with Crippen LogP contribution in [0.15, 0.2) is 77.8 Å². The summed E-state index contributed by atoms with van der Waals surface area (Å²) in [5.41, 5.74) is 3.43. The fourth-order valence-electron chi connectivity index (χ4n) is 4.89. The normalized spacial score (nSPS) is 20.3. The number of fused-ring (bicyclic) bond motifs is 4. The molecule has 0 amide bonds. The van der Waals surface area contributed by atoms with E-state index in [0.717, 1.165) is 17.4 Å². The first-order valence-electron chi connectivity index (χ1n) is 11.2. The molecule has 1 aliphatic heterocycles. The summed E-state index contributed by atoms with van der Waals surface area (Å²) in [6, 6.07) is 26.3. The number of nitrogens with zero attached hydrogens (tertiary/aromatic N) is 2. The van der Waals surface area contributed by atoms with Crippen molar-refractivity contribution in [3.05, 3.63) is 95.6 Å². The fourth-order valence-corrected chi connectivity index (χ4v) is 4.89. The fraction of sp³-hybridized carbons (Fsp3) is 0.214. The molecule has 0 saturated carbocycles. The van der Waals surface area contributed by atoms with Crippen molar-refractivity contribution in [3.63, 3.8) is 0 Å². The van der Waals surface area contributed by atoms with Crippen LogP contribution in [-0.4, -0.2) is 21.6 Å². The average Bonchev–Trinajstić information content (AvgIpc) is 3.35. The van der Waals surface area contributed by atoms with Gasteiger partial charge in [0.1, 0.15) is 28.8 Å². The van der Waals surface area contributed by atoms with E-state index in [1.807, 2.05) is 30.3 Å². The van der Waals surface area contributed by atoms with Crippen LogP contribution < -0.4 is 4.74 Å². The third kappa shape index (κ3) is 3.59. The number of ether oxygens (including phenoxy) is 2. The molecule has 2 heterocycles. The molecule has 1 N–H and O–H groups in total. The van der Waals surface area contributed by atoms with E-state index in [1.54, 1.807) is 18.2 Å². The Morgan fingerprint density at radius 2 is 1.85 bits per heavy atom. The first kappa shape index (κ1) is 22.6. The van der Waals surface area contributed by atoms with E-state index in [0.29, 0.717) is 29.0 Å². The van der Waals surface area contributed by atoms with Gasteiger partial charge >= 0.3 is 0 Å². The zero-order valence-electron chi connectivity index (χ0n) is 18.8. The van der Waals surface area contributed by atoms with Crippen LogP contribution in [0.1, 0.15) is 36.6 Å². The van der Waals surface area contributed by atoms with Gasteiger partial charge < -0.3 is 14.6 Å². The molecule has 34 heavy (non-hydrogen) atoms. The Kier molecular flexibility index (Phi) is 5.69. The monoisotopic (exact) mass is 630 g/mol. The molecular weight excluding hydrogens is 607 g/mol. The second-order valence-corrected chi connectivity index (χ2v) is 8.95. The minimum absolute atomic E-state index is 0. The average molecular weight is 631 g/mol. The SMILES string of the molecule is CC(C)[C@@]12Cc3ccccc3[C@@H]1N=C(c1[c-]c(Oc3ccc4cccc(O)c4n3)ccc1)O2.[Pt]. The number of phenolic OH excluding ortho intramolecular Hbond substituents is 1. The molecule has 2 aliphatic rings. The minimum Gasteiger partial charge on any atom is -0.511 e. The van der Waals surface area contributed by atoms with Gasteiger partial charge in [0.25, 0.3) is 0 Å².